The summed E-state index contributed by atoms with van der Waals surface area (Å²) in [6, 6.07) is 7.23. The lowest BCUT2D eigenvalue weighted by Crippen LogP contribution is -1.97. The Morgan fingerprint density at radius 1 is 1.35 bits per heavy atom. The second-order valence-electron chi connectivity index (χ2n) is 3.64. The first kappa shape index (κ1) is 14.3. The molecule has 0 amide bonds. The van der Waals surface area contributed by atoms with Crippen LogP contribution in [0.3, 0.4) is 0 Å². The van der Waals surface area contributed by atoms with E-state index in [1.165, 1.54) is 30.5 Å². The van der Waals surface area contributed by atoms with E-state index in [-0.39, 0.29) is 21.2 Å². The highest BCUT2D eigenvalue weighted by Gasteiger charge is 2.18. The monoisotopic (exact) mass is 310 g/mol. The highest BCUT2D eigenvalue weighted by atomic mass is 35.5. The third-order valence-electron chi connectivity index (χ3n) is 2.33. The Labute approximate surface area is 122 Å². The Morgan fingerprint density at radius 2 is 2.10 bits per heavy atom. The summed E-state index contributed by atoms with van der Waals surface area (Å²) in [6.07, 6.45) is 1.19. The fourth-order valence-corrected chi connectivity index (χ4v) is 2.56. The molecule has 0 aliphatic rings. The average molecular weight is 311 g/mol. The average Bonchev–Trinajstić information content (AvgIpc) is 2.41. The Hall–Kier alpha value is -2.12. The fraction of sp³-hybridized carbons (Fsp3) is 0. The zero-order valence-corrected chi connectivity index (χ0v) is 11.4. The van der Waals surface area contributed by atoms with E-state index in [9.17, 15) is 14.9 Å². The maximum Gasteiger partial charge on any atom is 0.337 e. The van der Waals surface area contributed by atoms with Gasteiger partial charge in [0.1, 0.15) is 9.92 Å². The SMILES string of the molecule is O=C(O)c1ccc(Sc2c(Cl)cccc2[N+](=O)[O-])nc1. The predicted molar refractivity (Wildman–Crippen MR) is 73.4 cm³/mol. The quantitative estimate of drug-likeness (QED) is 0.686. The molecule has 0 bridgehead atoms. The number of nitrogens with zero attached hydrogens (tertiary/aromatic N) is 2. The molecule has 20 heavy (non-hydrogen) atoms. The summed E-state index contributed by atoms with van der Waals surface area (Å²) in [5.74, 6) is -1.09. The number of hydrogen-bond donors (Lipinski definition) is 1. The number of carboxylic acids is 1. The second kappa shape index (κ2) is 5.89. The topological polar surface area (TPSA) is 93.3 Å². The molecule has 0 saturated heterocycles. The van der Waals surface area contributed by atoms with Gasteiger partial charge in [-0.15, -0.1) is 0 Å². The van der Waals surface area contributed by atoms with Crippen LogP contribution in [0.4, 0.5) is 5.69 Å². The van der Waals surface area contributed by atoms with E-state index in [1.807, 2.05) is 0 Å². The summed E-state index contributed by atoms with van der Waals surface area (Å²) in [4.78, 5) is 25.3. The molecule has 1 N–H and O–H groups in total. The van der Waals surface area contributed by atoms with E-state index in [0.717, 1.165) is 11.8 Å². The van der Waals surface area contributed by atoms with Crippen molar-refractivity contribution in [1.82, 2.24) is 4.98 Å². The number of aromatic nitrogens is 1. The van der Waals surface area contributed by atoms with Crippen molar-refractivity contribution >= 4 is 35.0 Å². The molecular formula is C12H7ClN2O4S. The molecule has 2 aromatic rings. The first-order valence-electron chi connectivity index (χ1n) is 5.29. The zero-order chi connectivity index (χ0) is 14.7. The van der Waals surface area contributed by atoms with Gasteiger partial charge < -0.3 is 5.11 Å². The number of nitro groups is 1. The number of nitro benzene ring substituents is 1. The van der Waals surface area contributed by atoms with Crippen molar-refractivity contribution in [1.29, 1.82) is 0 Å². The van der Waals surface area contributed by atoms with E-state index in [4.69, 9.17) is 16.7 Å². The van der Waals surface area contributed by atoms with Gasteiger partial charge in [-0.05, 0) is 18.2 Å². The molecule has 0 aliphatic carbocycles. The van der Waals surface area contributed by atoms with Gasteiger partial charge in [-0.2, -0.15) is 0 Å². The first-order valence-corrected chi connectivity index (χ1v) is 6.48. The van der Waals surface area contributed by atoms with Crippen LogP contribution in [0, 0.1) is 10.1 Å². The Bertz CT molecular complexity index is 676. The van der Waals surface area contributed by atoms with Crippen LogP contribution in [0.2, 0.25) is 5.02 Å². The Kier molecular flexibility index (Phi) is 4.21. The highest BCUT2D eigenvalue weighted by molar-refractivity contribution is 7.99. The van der Waals surface area contributed by atoms with Crippen LogP contribution in [0.5, 0.6) is 0 Å². The Balaban J connectivity index is 2.34. The smallest absolute Gasteiger partial charge is 0.337 e. The lowest BCUT2D eigenvalue weighted by molar-refractivity contribution is -0.387. The highest BCUT2D eigenvalue weighted by Crippen LogP contribution is 2.38. The van der Waals surface area contributed by atoms with Crippen molar-refractivity contribution in [3.8, 4) is 0 Å². The summed E-state index contributed by atoms with van der Waals surface area (Å²) in [5, 5.41) is 20.4. The Morgan fingerprint density at radius 3 is 2.65 bits per heavy atom. The molecule has 0 aliphatic heterocycles. The minimum Gasteiger partial charge on any atom is -0.478 e. The van der Waals surface area contributed by atoms with Gasteiger partial charge in [0, 0.05) is 12.3 Å². The van der Waals surface area contributed by atoms with Gasteiger partial charge in [-0.1, -0.05) is 29.4 Å². The molecule has 8 heteroatoms. The van der Waals surface area contributed by atoms with Crippen molar-refractivity contribution in [2.24, 2.45) is 0 Å². The standard InChI is InChI=1S/C12H7ClN2O4S/c13-8-2-1-3-9(15(18)19)11(8)20-10-5-4-7(6-14-10)12(16)17/h1-6H,(H,16,17). The van der Waals surface area contributed by atoms with E-state index >= 15 is 0 Å². The number of hydrogen-bond acceptors (Lipinski definition) is 5. The molecule has 0 fully saturated rings. The van der Waals surface area contributed by atoms with E-state index in [1.54, 1.807) is 6.07 Å². The number of pyridine rings is 1. The van der Waals surface area contributed by atoms with Crippen LogP contribution >= 0.6 is 23.4 Å². The molecule has 1 heterocycles. The molecule has 1 aromatic carbocycles. The third-order valence-corrected chi connectivity index (χ3v) is 3.84. The molecule has 102 valence electrons. The number of benzene rings is 1. The van der Waals surface area contributed by atoms with E-state index < -0.39 is 10.9 Å². The molecular weight excluding hydrogens is 304 g/mol. The van der Waals surface area contributed by atoms with Gasteiger partial charge in [0.05, 0.1) is 15.5 Å². The van der Waals surface area contributed by atoms with Gasteiger partial charge in [0.25, 0.3) is 5.69 Å². The molecule has 0 spiro atoms. The molecule has 2 rings (SSSR count). The van der Waals surface area contributed by atoms with E-state index in [2.05, 4.69) is 4.98 Å². The van der Waals surface area contributed by atoms with Crippen molar-refractivity contribution in [2.45, 2.75) is 9.92 Å². The molecule has 0 radical (unpaired) electrons. The van der Waals surface area contributed by atoms with Gasteiger partial charge in [0.15, 0.2) is 0 Å². The number of rotatable bonds is 4. The second-order valence-corrected chi connectivity index (χ2v) is 5.08. The summed E-state index contributed by atoms with van der Waals surface area (Å²) >= 11 is 6.97. The van der Waals surface area contributed by atoms with Crippen molar-refractivity contribution in [3.63, 3.8) is 0 Å². The molecule has 0 atom stereocenters. The van der Waals surface area contributed by atoms with Crippen LogP contribution < -0.4 is 0 Å². The first-order chi connectivity index (χ1) is 9.49. The van der Waals surface area contributed by atoms with Crippen LogP contribution in [0.15, 0.2) is 46.5 Å². The molecule has 1 aromatic heterocycles. The normalized spacial score (nSPS) is 10.2. The molecule has 6 nitrogen and oxygen atoms in total. The molecule has 0 unspecified atom stereocenters. The minimum absolute atomic E-state index is 0.0445. The maximum atomic E-state index is 10.9. The molecule has 0 saturated carbocycles. The van der Waals surface area contributed by atoms with Gasteiger partial charge in [-0.25, -0.2) is 9.78 Å². The summed E-state index contributed by atoms with van der Waals surface area (Å²) < 4.78 is 0. The van der Waals surface area contributed by atoms with E-state index in [0.29, 0.717) is 5.03 Å². The van der Waals surface area contributed by atoms with Gasteiger partial charge >= 0.3 is 5.97 Å². The van der Waals surface area contributed by atoms with Crippen molar-refractivity contribution in [3.05, 3.63) is 57.2 Å². The minimum atomic E-state index is -1.09. The maximum absolute atomic E-state index is 10.9. The number of aromatic carboxylic acids is 1. The lowest BCUT2D eigenvalue weighted by atomic mass is 10.3. The fourth-order valence-electron chi connectivity index (χ4n) is 1.41. The summed E-state index contributed by atoms with van der Waals surface area (Å²) in [7, 11) is 0. The van der Waals surface area contributed by atoms with Gasteiger partial charge in [0.2, 0.25) is 0 Å². The largest absolute Gasteiger partial charge is 0.478 e. The number of carboxylic acid groups (broad SMARTS) is 1. The summed E-state index contributed by atoms with van der Waals surface area (Å²) in [6.45, 7) is 0. The van der Waals surface area contributed by atoms with Crippen LogP contribution in [0.25, 0.3) is 0 Å². The van der Waals surface area contributed by atoms with Crippen molar-refractivity contribution in [2.75, 3.05) is 0 Å². The predicted octanol–water partition coefficient (Wildman–Crippen LogP) is 3.49. The van der Waals surface area contributed by atoms with Crippen LogP contribution in [-0.2, 0) is 0 Å². The third kappa shape index (κ3) is 3.06. The lowest BCUT2D eigenvalue weighted by Gasteiger charge is -2.04. The zero-order valence-electron chi connectivity index (χ0n) is 9.82. The van der Waals surface area contributed by atoms with Crippen molar-refractivity contribution < 1.29 is 14.8 Å². The van der Waals surface area contributed by atoms with Crippen LogP contribution in [0.1, 0.15) is 10.4 Å². The number of halogens is 1. The number of carbonyl (C=O) groups is 1. The van der Waals surface area contributed by atoms with Gasteiger partial charge in [-0.3, -0.25) is 10.1 Å². The van der Waals surface area contributed by atoms with Crippen LogP contribution in [-0.4, -0.2) is 21.0 Å². The summed E-state index contributed by atoms with van der Waals surface area (Å²) in [5.41, 5.74) is -0.0744.